The van der Waals surface area contributed by atoms with Crippen molar-refractivity contribution in [3.05, 3.63) is 29.8 Å². The summed E-state index contributed by atoms with van der Waals surface area (Å²) in [6.45, 7) is 1.11. The zero-order valence-corrected chi connectivity index (χ0v) is 10.3. The van der Waals surface area contributed by atoms with Crippen molar-refractivity contribution in [2.75, 3.05) is 13.2 Å². The standard InChI is InChI=1S/C14H18O4/c15-12-6-4-11(5-7-12)9-14(16)18-10-13-3-1-2-8-17-13/h4-7,13,15H,1-3,8-10H2/t13-/m0/s1. The third kappa shape index (κ3) is 4.04. The third-order valence-electron chi connectivity index (χ3n) is 2.99. The molecule has 1 aromatic rings. The van der Waals surface area contributed by atoms with Crippen molar-refractivity contribution in [1.82, 2.24) is 0 Å². The summed E-state index contributed by atoms with van der Waals surface area (Å²) >= 11 is 0. The van der Waals surface area contributed by atoms with Crippen molar-refractivity contribution in [2.45, 2.75) is 31.8 Å². The lowest BCUT2D eigenvalue weighted by Crippen LogP contribution is -2.26. The summed E-state index contributed by atoms with van der Waals surface area (Å²) in [5, 5.41) is 9.13. The van der Waals surface area contributed by atoms with Crippen LogP contribution in [-0.2, 0) is 20.7 Å². The van der Waals surface area contributed by atoms with E-state index in [1.165, 1.54) is 0 Å². The van der Waals surface area contributed by atoms with E-state index in [1.54, 1.807) is 24.3 Å². The minimum absolute atomic E-state index is 0.0579. The molecular weight excluding hydrogens is 232 g/mol. The summed E-state index contributed by atoms with van der Waals surface area (Å²) in [7, 11) is 0. The molecule has 1 atom stereocenters. The van der Waals surface area contributed by atoms with Crippen molar-refractivity contribution in [3.8, 4) is 5.75 Å². The molecule has 18 heavy (non-hydrogen) atoms. The Hall–Kier alpha value is -1.55. The monoisotopic (exact) mass is 250 g/mol. The number of phenols is 1. The summed E-state index contributed by atoms with van der Waals surface area (Å²) < 4.78 is 10.7. The Bertz CT molecular complexity index is 379. The van der Waals surface area contributed by atoms with Crippen LogP contribution in [0.2, 0.25) is 0 Å². The maximum absolute atomic E-state index is 11.6. The van der Waals surface area contributed by atoms with Crippen LogP contribution in [0.3, 0.4) is 0 Å². The molecule has 98 valence electrons. The number of esters is 1. The van der Waals surface area contributed by atoms with Gasteiger partial charge in [-0.1, -0.05) is 12.1 Å². The molecule has 0 amide bonds. The van der Waals surface area contributed by atoms with E-state index in [9.17, 15) is 4.79 Å². The smallest absolute Gasteiger partial charge is 0.310 e. The molecule has 1 saturated heterocycles. The van der Waals surface area contributed by atoms with Crippen LogP contribution in [0.1, 0.15) is 24.8 Å². The molecule has 0 bridgehead atoms. The highest BCUT2D eigenvalue weighted by Gasteiger charge is 2.16. The molecule has 1 aliphatic heterocycles. The van der Waals surface area contributed by atoms with Gasteiger partial charge in [0, 0.05) is 6.61 Å². The van der Waals surface area contributed by atoms with Gasteiger partial charge >= 0.3 is 5.97 Å². The molecule has 2 rings (SSSR count). The SMILES string of the molecule is O=C(Cc1ccc(O)cc1)OC[C@@H]1CCCCO1. The second kappa shape index (κ2) is 6.40. The van der Waals surface area contributed by atoms with Crippen molar-refractivity contribution >= 4 is 5.97 Å². The minimum Gasteiger partial charge on any atom is -0.508 e. The summed E-state index contributed by atoms with van der Waals surface area (Å²) in [4.78, 5) is 11.6. The Balaban J connectivity index is 1.73. The number of phenolic OH excluding ortho intramolecular Hbond substituents is 1. The van der Waals surface area contributed by atoms with Crippen LogP contribution < -0.4 is 0 Å². The molecule has 1 aliphatic rings. The largest absolute Gasteiger partial charge is 0.508 e. The first-order valence-corrected chi connectivity index (χ1v) is 6.29. The molecule has 0 aromatic heterocycles. The van der Waals surface area contributed by atoms with Gasteiger partial charge in [-0.05, 0) is 37.0 Å². The van der Waals surface area contributed by atoms with E-state index in [-0.39, 0.29) is 24.2 Å². The molecule has 4 nitrogen and oxygen atoms in total. The van der Waals surface area contributed by atoms with Gasteiger partial charge in [0.1, 0.15) is 12.4 Å². The summed E-state index contributed by atoms with van der Waals surface area (Å²) in [5.74, 6) is -0.0578. The highest BCUT2D eigenvalue weighted by molar-refractivity contribution is 5.72. The maximum atomic E-state index is 11.6. The molecule has 1 fully saturated rings. The Labute approximate surface area is 107 Å². The molecular formula is C14H18O4. The average molecular weight is 250 g/mol. The second-order valence-electron chi connectivity index (χ2n) is 4.51. The van der Waals surface area contributed by atoms with Crippen molar-refractivity contribution in [1.29, 1.82) is 0 Å². The Morgan fingerprint density at radius 3 is 2.78 bits per heavy atom. The number of benzene rings is 1. The average Bonchev–Trinajstić information content (AvgIpc) is 2.40. The number of aromatic hydroxyl groups is 1. The van der Waals surface area contributed by atoms with Crippen molar-refractivity contribution in [2.24, 2.45) is 0 Å². The highest BCUT2D eigenvalue weighted by atomic mass is 16.6. The van der Waals surface area contributed by atoms with E-state index in [1.807, 2.05) is 0 Å². The first kappa shape index (κ1) is 12.9. The Morgan fingerprint density at radius 2 is 2.11 bits per heavy atom. The highest BCUT2D eigenvalue weighted by Crippen LogP contribution is 2.14. The van der Waals surface area contributed by atoms with E-state index in [0.29, 0.717) is 6.61 Å². The van der Waals surface area contributed by atoms with Gasteiger partial charge in [-0.25, -0.2) is 0 Å². The fourth-order valence-corrected chi connectivity index (χ4v) is 1.96. The van der Waals surface area contributed by atoms with E-state index in [4.69, 9.17) is 14.6 Å². The number of rotatable bonds is 4. The van der Waals surface area contributed by atoms with Gasteiger partial charge < -0.3 is 14.6 Å². The van der Waals surface area contributed by atoms with Gasteiger partial charge in [-0.3, -0.25) is 4.79 Å². The van der Waals surface area contributed by atoms with E-state index in [2.05, 4.69) is 0 Å². The predicted molar refractivity (Wildman–Crippen MR) is 66.4 cm³/mol. The minimum atomic E-state index is -0.255. The summed E-state index contributed by atoms with van der Waals surface area (Å²) in [6.07, 6.45) is 3.49. The zero-order valence-electron chi connectivity index (χ0n) is 10.3. The Morgan fingerprint density at radius 1 is 1.33 bits per heavy atom. The quantitative estimate of drug-likeness (QED) is 0.831. The van der Waals surface area contributed by atoms with Gasteiger partial charge in [0.25, 0.3) is 0 Å². The lowest BCUT2D eigenvalue weighted by Gasteiger charge is -2.22. The van der Waals surface area contributed by atoms with E-state index >= 15 is 0 Å². The molecule has 0 saturated carbocycles. The Kier molecular flexibility index (Phi) is 4.59. The van der Waals surface area contributed by atoms with Crippen LogP contribution in [0.5, 0.6) is 5.75 Å². The fraction of sp³-hybridized carbons (Fsp3) is 0.500. The molecule has 1 heterocycles. The summed E-state index contributed by atoms with van der Waals surface area (Å²) in [5.41, 5.74) is 0.836. The first-order chi connectivity index (χ1) is 8.74. The number of carbonyl (C=O) groups is 1. The molecule has 1 aromatic carbocycles. The summed E-state index contributed by atoms with van der Waals surface area (Å²) in [6, 6.07) is 6.56. The fourth-order valence-electron chi connectivity index (χ4n) is 1.96. The van der Waals surface area contributed by atoms with Crippen LogP contribution in [0.15, 0.2) is 24.3 Å². The van der Waals surface area contributed by atoms with Crippen molar-refractivity contribution in [3.63, 3.8) is 0 Å². The molecule has 4 heteroatoms. The predicted octanol–water partition coefficient (Wildman–Crippen LogP) is 2.05. The van der Waals surface area contributed by atoms with Crippen LogP contribution in [0.4, 0.5) is 0 Å². The topological polar surface area (TPSA) is 55.8 Å². The van der Waals surface area contributed by atoms with Gasteiger partial charge in [0.2, 0.25) is 0 Å². The molecule has 0 radical (unpaired) electrons. The molecule has 0 spiro atoms. The number of hydrogen-bond donors (Lipinski definition) is 1. The van der Waals surface area contributed by atoms with Crippen LogP contribution in [0.25, 0.3) is 0 Å². The first-order valence-electron chi connectivity index (χ1n) is 6.29. The zero-order chi connectivity index (χ0) is 12.8. The second-order valence-corrected chi connectivity index (χ2v) is 4.51. The number of hydrogen-bond acceptors (Lipinski definition) is 4. The van der Waals surface area contributed by atoms with Gasteiger partial charge in [0.15, 0.2) is 0 Å². The van der Waals surface area contributed by atoms with Gasteiger partial charge in [0.05, 0.1) is 12.5 Å². The third-order valence-corrected chi connectivity index (χ3v) is 2.99. The molecule has 0 unspecified atom stereocenters. The van der Waals surface area contributed by atoms with Gasteiger partial charge in [-0.2, -0.15) is 0 Å². The van der Waals surface area contributed by atoms with Gasteiger partial charge in [-0.15, -0.1) is 0 Å². The normalized spacial score (nSPS) is 19.4. The van der Waals surface area contributed by atoms with Crippen molar-refractivity contribution < 1.29 is 19.4 Å². The lowest BCUT2D eigenvalue weighted by molar-refractivity contribution is -0.148. The molecule has 0 aliphatic carbocycles. The lowest BCUT2D eigenvalue weighted by atomic mass is 10.1. The number of ether oxygens (including phenoxy) is 2. The van der Waals surface area contributed by atoms with Crippen LogP contribution >= 0.6 is 0 Å². The number of carbonyl (C=O) groups excluding carboxylic acids is 1. The van der Waals surface area contributed by atoms with E-state index < -0.39 is 0 Å². The van der Waals surface area contributed by atoms with Crippen LogP contribution in [0, 0.1) is 0 Å². The van der Waals surface area contributed by atoms with Crippen LogP contribution in [-0.4, -0.2) is 30.4 Å². The maximum Gasteiger partial charge on any atom is 0.310 e. The van der Waals surface area contributed by atoms with E-state index in [0.717, 1.165) is 31.4 Å². The molecule has 1 N–H and O–H groups in total.